The fourth-order valence-electron chi connectivity index (χ4n) is 4.22. The van der Waals surface area contributed by atoms with Crippen LogP contribution >= 0.6 is 35.0 Å². The first kappa shape index (κ1) is 23.1. The molecule has 10 heteroatoms. The lowest BCUT2D eigenvalue weighted by Crippen LogP contribution is -2.18. The molecule has 1 unspecified atom stereocenters. The van der Waals surface area contributed by atoms with E-state index >= 15 is 0 Å². The highest BCUT2D eigenvalue weighted by Gasteiger charge is 2.19. The summed E-state index contributed by atoms with van der Waals surface area (Å²) >= 11 is 13.8. The quantitative estimate of drug-likeness (QED) is 0.220. The molecule has 0 spiro atoms. The monoisotopic (exact) mass is 536 g/mol. The largest absolute Gasteiger partial charge is 0.463 e. The number of thioether (sulfide) groups is 1. The van der Waals surface area contributed by atoms with Crippen LogP contribution in [0, 0.1) is 0 Å². The van der Waals surface area contributed by atoms with E-state index in [1.54, 1.807) is 36.8 Å². The third-order valence-corrected chi connectivity index (χ3v) is 7.22. The SMILES string of the molecule is OC(CSc1nnc(-c2ccco2)c(-c2ccco2)n1)Cn1c2ccc(Cl)cc2c2cc(Cl)ccc21. The summed E-state index contributed by atoms with van der Waals surface area (Å²) in [5, 5.41) is 23.2. The van der Waals surface area contributed by atoms with Crippen molar-refractivity contribution in [3.8, 4) is 22.9 Å². The average Bonchev–Trinajstić information content (AvgIpc) is 3.65. The van der Waals surface area contributed by atoms with E-state index < -0.39 is 6.10 Å². The van der Waals surface area contributed by atoms with Crippen LogP contribution in [0.4, 0.5) is 0 Å². The lowest BCUT2D eigenvalue weighted by molar-refractivity contribution is 0.181. The maximum atomic E-state index is 11.0. The van der Waals surface area contributed by atoms with Crippen LogP contribution in [-0.4, -0.2) is 36.7 Å². The first-order valence-corrected chi connectivity index (χ1v) is 12.8. The summed E-state index contributed by atoms with van der Waals surface area (Å²) in [5.74, 6) is 1.47. The van der Waals surface area contributed by atoms with E-state index in [0.29, 0.717) is 50.4 Å². The van der Waals surface area contributed by atoms with E-state index in [1.165, 1.54) is 11.8 Å². The summed E-state index contributed by atoms with van der Waals surface area (Å²) < 4.78 is 13.1. The normalized spacial score (nSPS) is 12.5. The standard InChI is InChI=1S/C26H18Cl2N4O3S/c27-15-5-7-20-18(11-15)19-12-16(28)6-8-21(19)32(20)13-17(33)14-36-26-29-24(22-3-1-9-34-22)25(30-31-26)23-4-2-10-35-23/h1-12,17,33H,13-14H2. The number of hydrogen-bond acceptors (Lipinski definition) is 7. The fourth-order valence-corrected chi connectivity index (χ4v) is 5.26. The smallest absolute Gasteiger partial charge is 0.209 e. The molecule has 0 fully saturated rings. The lowest BCUT2D eigenvalue weighted by Gasteiger charge is -2.14. The molecular weight excluding hydrogens is 519 g/mol. The van der Waals surface area contributed by atoms with Crippen molar-refractivity contribution >= 4 is 56.8 Å². The van der Waals surface area contributed by atoms with Gasteiger partial charge in [-0.2, -0.15) is 0 Å². The number of nitrogens with zero attached hydrogens (tertiary/aromatic N) is 4. The second kappa shape index (κ2) is 9.63. The lowest BCUT2D eigenvalue weighted by atomic mass is 10.1. The van der Waals surface area contributed by atoms with E-state index in [2.05, 4.69) is 19.7 Å². The van der Waals surface area contributed by atoms with E-state index in [0.717, 1.165) is 21.8 Å². The highest BCUT2D eigenvalue weighted by atomic mass is 35.5. The summed E-state index contributed by atoms with van der Waals surface area (Å²) in [6, 6.07) is 18.6. The Hall–Kier alpha value is -3.30. The third kappa shape index (κ3) is 4.37. The van der Waals surface area contributed by atoms with Gasteiger partial charge in [0.25, 0.3) is 0 Å². The second-order valence-corrected chi connectivity index (χ2v) is 10.0. The number of halogens is 2. The van der Waals surface area contributed by atoms with Crippen molar-refractivity contribution in [3.63, 3.8) is 0 Å². The second-order valence-electron chi connectivity index (χ2n) is 8.14. The summed E-state index contributed by atoms with van der Waals surface area (Å²) in [6.45, 7) is 0.374. The molecule has 0 radical (unpaired) electrons. The number of benzene rings is 2. The van der Waals surface area contributed by atoms with Gasteiger partial charge in [0.05, 0.1) is 25.2 Å². The molecule has 2 aromatic carbocycles. The van der Waals surface area contributed by atoms with Gasteiger partial charge in [-0.1, -0.05) is 35.0 Å². The van der Waals surface area contributed by atoms with E-state index in [1.807, 2.05) is 36.4 Å². The van der Waals surface area contributed by atoms with Gasteiger partial charge in [0.15, 0.2) is 17.2 Å². The molecule has 180 valence electrons. The fraction of sp³-hybridized carbons (Fsp3) is 0.115. The zero-order valence-corrected chi connectivity index (χ0v) is 21.0. The van der Waals surface area contributed by atoms with E-state index in [9.17, 15) is 5.11 Å². The maximum Gasteiger partial charge on any atom is 0.209 e. The molecule has 6 rings (SSSR count). The van der Waals surface area contributed by atoms with Crippen molar-refractivity contribution in [3.05, 3.63) is 83.2 Å². The van der Waals surface area contributed by atoms with Crippen molar-refractivity contribution in [1.29, 1.82) is 0 Å². The highest BCUT2D eigenvalue weighted by molar-refractivity contribution is 7.99. The van der Waals surface area contributed by atoms with Gasteiger partial charge >= 0.3 is 0 Å². The molecule has 6 aromatic rings. The molecule has 1 atom stereocenters. The Morgan fingerprint density at radius 3 is 2.03 bits per heavy atom. The number of aliphatic hydroxyl groups is 1. The Kier molecular flexibility index (Phi) is 6.18. The molecule has 0 saturated carbocycles. The molecular formula is C26H18Cl2N4O3S. The maximum absolute atomic E-state index is 11.0. The molecule has 4 heterocycles. The van der Waals surface area contributed by atoms with Crippen LogP contribution in [0.2, 0.25) is 10.0 Å². The van der Waals surface area contributed by atoms with Crippen molar-refractivity contribution in [2.75, 3.05) is 5.75 Å². The molecule has 4 aromatic heterocycles. The van der Waals surface area contributed by atoms with Gasteiger partial charge < -0.3 is 18.5 Å². The number of furan rings is 2. The zero-order valence-electron chi connectivity index (χ0n) is 18.6. The van der Waals surface area contributed by atoms with Crippen molar-refractivity contribution < 1.29 is 13.9 Å². The van der Waals surface area contributed by atoms with Crippen LogP contribution in [-0.2, 0) is 6.54 Å². The number of aliphatic hydroxyl groups excluding tert-OH is 1. The van der Waals surface area contributed by atoms with Crippen molar-refractivity contribution in [2.45, 2.75) is 17.8 Å². The number of aromatic nitrogens is 4. The van der Waals surface area contributed by atoms with Gasteiger partial charge in [0.2, 0.25) is 5.16 Å². The minimum Gasteiger partial charge on any atom is -0.463 e. The van der Waals surface area contributed by atoms with Gasteiger partial charge in [-0.25, -0.2) is 4.98 Å². The molecule has 0 bridgehead atoms. The summed E-state index contributed by atoms with van der Waals surface area (Å²) in [5.41, 5.74) is 2.96. The molecule has 0 aliphatic heterocycles. The Bertz CT molecular complexity index is 1610. The van der Waals surface area contributed by atoms with Crippen LogP contribution in [0.5, 0.6) is 0 Å². The predicted octanol–water partition coefficient (Wildman–Crippen LogP) is 6.96. The molecule has 0 saturated heterocycles. The van der Waals surface area contributed by atoms with Crippen LogP contribution in [0.1, 0.15) is 0 Å². The number of rotatable bonds is 7. The van der Waals surface area contributed by atoms with Gasteiger partial charge in [-0.05, 0) is 60.7 Å². The molecule has 7 nitrogen and oxygen atoms in total. The first-order valence-electron chi connectivity index (χ1n) is 11.1. The van der Waals surface area contributed by atoms with Crippen LogP contribution in [0.3, 0.4) is 0 Å². The summed E-state index contributed by atoms with van der Waals surface area (Å²) in [7, 11) is 0. The Labute approximate surface area is 219 Å². The minimum atomic E-state index is -0.680. The number of fused-ring (bicyclic) bond motifs is 3. The van der Waals surface area contributed by atoms with Gasteiger partial charge in [-0.3, -0.25) is 0 Å². The Morgan fingerprint density at radius 2 is 1.44 bits per heavy atom. The Morgan fingerprint density at radius 1 is 0.833 bits per heavy atom. The molecule has 0 amide bonds. The van der Waals surface area contributed by atoms with Gasteiger partial charge in [0.1, 0.15) is 5.69 Å². The molecule has 36 heavy (non-hydrogen) atoms. The molecule has 0 aliphatic carbocycles. The number of hydrogen-bond donors (Lipinski definition) is 1. The van der Waals surface area contributed by atoms with Crippen LogP contribution in [0.25, 0.3) is 44.7 Å². The van der Waals surface area contributed by atoms with Crippen molar-refractivity contribution in [2.24, 2.45) is 0 Å². The van der Waals surface area contributed by atoms with E-state index in [-0.39, 0.29) is 0 Å². The van der Waals surface area contributed by atoms with Gasteiger partial charge in [0, 0.05) is 37.6 Å². The summed E-state index contributed by atoms with van der Waals surface area (Å²) in [6.07, 6.45) is 2.46. The Balaban J connectivity index is 1.26. The zero-order chi connectivity index (χ0) is 24.6. The van der Waals surface area contributed by atoms with E-state index in [4.69, 9.17) is 32.0 Å². The van der Waals surface area contributed by atoms with Crippen LogP contribution in [0.15, 0.2) is 87.2 Å². The predicted molar refractivity (Wildman–Crippen MR) is 141 cm³/mol. The topological polar surface area (TPSA) is 90.1 Å². The molecule has 0 aliphatic rings. The third-order valence-electron chi connectivity index (χ3n) is 5.76. The van der Waals surface area contributed by atoms with Crippen molar-refractivity contribution in [1.82, 2.24) is 19.7 Å². The minimum absolute atomic E-state index is 0.363. The summed E-state index contributed by atoms with van der Waals surface area (Å²) in [4.78, 5) is 4.65. The average molecular weight is 537 g/mol. The first-order chi connectivity index (χ1) is 17.6. The highest BCUT2D eigenvalue weighted by Crippen LogP contribution is 2.34. The molecule has 1 N–H and O–H groups in total. The van der Waals surface area contributed by atoms with Crippen LogP contribution < -0.4 is 0 Å². The van der Waals surface area contributed by atoms with Gasteiger partial charge in [-0.15, -0.1) is 10.2 Å².